The Labute approximate surface area is 149 Å². The lowest BCUT2D eigenvalue weighted by Gasteiger charge is -2.31. The van der Waals surface area contributed by atoms with Crippen LogP contribution >= 0.6 is 0 Å². The molecular weight excluding hydrogens is 322 g/mol. The molecule has 0 bridgehead atoms. The van der Waals surface area contributed by atoms with Gasteiger partial charge in [0.1, 0.15) is 12.2 Å². The van der Waals surface area contributed by atoms with Gasteiger partial charge in [-0.3, -0.25) is 9.69 Å². The maximum atomic E-state index is 12.2. The third kappa shape index (κ3) is 5.23. The van der Waals surface area contributed by atoms with E-state index in [9.17, 15) is 15.0 Å². The molecular formula is C18H29N3O4. The smallest absolute Gasteiger partial charge is 0.251 e. The van der Waals surface area contributed by atoms with Gasteiger partial charge in [-0.25, -0.2) is 0 Å². The van der Waals surface area contributed by atoms with Gasteiger partial charge in [0.15, 0.2) is 0 Å². The van der Waals surface area contributed by atoms with Gasteiger partial charge in [-0.2, -0.15) is 0 Å². The molecule has 4 unspecified atom stereocenters. The molecule has 1 aliphatic rings. The highest BCUT2D eigenvalue weighted by Gasteiger charge is 2.45. The van der Waals surface area contributed by atoms with Gasteiger partial charge >= 0.3 is 0 Å². The Bertz CT molecular complexity index is 540. The maximum absolute atomic E-state index is 12.2. The highest BCUT2D eigenvalue weighted by molar-refractivity contribution is 5.94. The summed E-state index contributed by atoms with van der Waals surface area (Å²) in [4.78, 5) is 16.3. The highest BCUT2D eigenvalue weighted by atomic mass is 16.5. The quantitative estimate of drug-likeness (QED) is 0.580. The number of hydrogen-bond donors (Lipinski definition) is 3. The standard InChI is InChI=1S/C18H29N3O4/c1-20(2)9-10-21(3)16-14(25-15(12-22)17(16)23)11-19-18(24)13-7-5-4-6-8-13/h4-8,14-17,22-23H,9-12H2,1-3H3,(H,19,24). The predicted octanol–water partition coefficient (Wildman–Crippen LogP) is -0.601. The predicted molar refractivity (Wildman–Crippen MR) is 95.5 cm³/mol. The number of amides is 1. The van der Waals surface area contributed by atoms with Crippen molar-refractivity contribution in [1.82, 2.24) is 15.1 Å². The average molecular weight is 351 g/mol. The monoisotopic (exact) mass is 351 g/mol. The summed E-state index contributed by atoms with van der Waals surface area (Å²) >= 11 is 0. The van der Waals surface area contributed by atoms with Crippen molar-refractivity contribution in [3.05, 3.63) is 35.9 Å². The van der Waals surface area contributed by atoms with Crippen molar-refractivity contribution >= 4 is 5.91 Å². The van der Waals surface area contributed by atoms with E-state index in [1.165, 1.54) is 0 Å². The van der Waals surface area contributed by atoms with Crippen LogP contribution in [-0.2, 0) is 4.74 Å². The average Bonchev–Trinajstić information content (AvgIpc) is 2.94. The van der Waals surface area contributed by atoms with Crippen LogP contribution in [0, 0.1) is 0 Å². The summed E-state index contributed by atoms with van der Waals surface area (Å²) in [6.07, 6.45) is -1.81. The number of nitrogens with one attached hydrogen (secondary N) is 1. The molecule has 0 radical (unpaired) electrons. The zero-order valence-corrected chi connectivity index (χ0v) is 15.1. The molecule has 1 aromatic carbocycles. The first-order valence-electron chi connectivity index (χ1n) is 8.56. The van der Waals surface area contributed by atoms with E-state index in [1.807, 2.05) is 44.2 Å². The van der Waals surface area contributed by atoms with Crippen molar-refractivity contribution < 1.29 is 19.7 Å². The minimum absolute atomic E-state index is 0.180. The van der Waals surface area contributed by atoms with E-state index in [0.29, 0.717) is 5.56 Å². The van der Waals surface area contributed by atoms with Gasteiger partial charge in [-0.15, -0.1) is 0 Å². The van der Waals surface area contributed by atoms with E-state index in [2.05, 4.69) is 10.2 Å². The Kier molecular flexibility index (Phi) is 7.34. The molecule has 0 spiro atoms. The van der Waals surface area contributed by atoms with Crippen LogP contribution in [-0.4, -0.2) is 97.7 Å². The second kappa shape index (κ2) is 9.26. The summed E-state index contributed by atoms with van der Waals surface area (Å²) in [6, 6.07) is 8.69. The first kappa shape index (κ1) is 19.8. The molecule has 1 amide bonds. The van der Waals surface area contributed by atoms with Crippen LogP contribution in [0.3, 0.4) is 0 Å². The van der Waals surface area contributed by atoms with Crippen LogP contribution in [0.1, 0.15) is 10.4 Å². The molecule has 1 saturated heterocycles. The van der Waals surface area contributed by atoms with Gasteiger partial charge in [0.25, 0.3) is 5.91 Å². The fourth-order valence-corrected chi connectivity index (χ4v) is 3.08. The topological polar surface area (TPSA) is 85.3 Å². The lowest BCUT2D eigenvalue weighted by Crippen LogP contribution is -2.51. The first-order valence-corrected chi connectivity index (χ1v) is 8.56. The van der Waals surface area contributed by atoms with Crippen LogP contribution in [0.4, 0.5) is 0 Å². The fraction of sp³-hybridized carbons (Fsp3) is 0.611. The van der Waals surface area contributed by atoms with Gasteiger partial charge in [0, 0.05) is 25.2 Å². The van der Waals surface area contributed by atoms with Gasteiger partial charge < -0.3 is 25.2 Å². The molecule has 4 atom stereocenters. The molecule has 0 saturated carbocycles. The molecule has 1 heterocycles. The van der Waals surface area contributed by atoms with Gasteiger partial charge in [0.2, 0.25) is 0 Å². The normalized spacial score (nSPS) is 26.4. The summed E-state index contributed by atoms with van der Waals surface area (Å²) in [6.45, 7) is 1.62. The second-order valence-corrected chi connectivity index (χ2v) is 6.74. The van der Waals surface area contributed by atoms with Crippen LogP contribution in [0.5, 0.6) is 0 Å². The minimum Gasteiger partial charge on any atom is -0.394 e. The van der Waals surface area contributed by atoms with Crippen LogP contribution in [0.15, 0.2) is 30.3 Å². The number of hydrogen-bond acceptors (Lipinski definition) is 6. The summed E-state index contributed by atoms with van der Waals surface area (Å²) in [5.74, 6) is -0.180. The molecule has 3 N–H and O–H groups in total. The Morgan fingerprint density at radius 1 is 1.16 bits per heavy atom. The number of rotatable bonds is 8. The van der Waals surface area contributed by atoms with E-state index in [-0.39, 0.29) is 31.2 Å². The van der Waals surface area contributed by atoms with Crippen molar-refractivity contribution in [3.63, 3.8) is 0 Å². The molecule has 1 fully saturated rings. The zero-order chi connectivity index (χ0) is 18.4. The molecule has 0 aliphatic carbocycles. The van der Waals surface area contributed by atoms with Crippen molar-refractivity contribution in [1.29, 1.82) is 0 Å². The number of aliphatic hydroxyl groups excluding tert-OH is 2. The molecule has 0 aromatic heterocycles. The Morgan fingerprint density at radius 3 is 2.44 bits per heavy atom. The number of nitrogens with zero attached hydrogens (tertiary/aromatic N) is 2. The van der Waals surface area contributed by atoms with Gasteiger partial charge in [0.05, 0.1) is 18.8 Å². The molecule has 7 heteroatoms. The summed E-state index contributed by atoms with van der Waals surface area (Å²) < 4.78 is 5.78. The summed E-state index contributed by atoms with van der Waals surface area (Å²) in [5, 5.41) is 22.8. The molecule has 7 nitrogen and oxygen atoms in total. The molecule has 25 heavy (non-hydrogen) atoms. The Balaban J connectivity index is 1.99. The highest BCUT2D eigenvalue weighted by Crippen LogP contribution is 2.24. The Morgan fingerprint density at radius 2 is 1.84 bits per heavy atom. The van der Waals surface area contributed by atoms with Crippen molar-refractivity contribution in [2.24, 2.45) is 0 Å². The molecule has 1 aromatic rings. The number of aliphatic hydroxyl groups is 2. The van der Waals surface area contributed by atoms with E-state index in [0.717, 1.165) is 13.1 Å². The van der Waals surface area contributed by atoms with Crippen molar-refractivity contribution in [2.75, 3.05) is 47.4 Å². The van der Waals surface area contributed by atoms with E-state index in [1.54, 1.807) is 12.1 Å². The van der Waals surface area contributed by atoms with Crippen molar-refractivity contribution in [2.45, 2.75) is 24.4 Å². The first-order chi connectivity index (χ1) is 11.9. The van der Waals surface area contributed by atoms with E-state index >= 15 is 0 Å². The summed E-state index contributed by atoms with van der Waals surface area (Å²) in [5.41, 5.74) is 0.581. The van der Waals surface area contributed by atoms with E-state index < -0.39 is 12.2 Å². The number of carbonyl (C=O) groups excluding carboxylic acids is 1. The third-order valence-corrected chi connectivity index (χ3v) is 4.55. The van der Waals surface area contributed by atoms with Crippen molar-refractivity contribution in [3.8, 4) is 0 Å². The fourth-order valence-electron chi connectivity index (χ4n) is 3.08. The lowest BCUT2D eigenvalue weighted by molar-refractivity contribution is -0.0209. The maximum Gasteiger partial charge on any atom is 0.251 e. The molecule has 2 rings (SSSR count). The number of ether oxygens (including phenoxy) is 1. The minimum atomic E-state index is -0.796. The lowest BCUT2D eigenvalue weighted by atomic mass is 10.0. The third-order valence-electron chi connectivity index (χ3n) is 4.55. The van der Waals surface area contributed by atoms with Gasteiger partial charge in [-0.05, 0) is 33.3 Å². The van der Waals surface area contributed by atoms with Crippen LogP contribution in [0.2, 0.25) is 0 Å². The summed E-state index contributed by atoms with van der Waals surface area (Å²) in [7, 11) is 5.90. The second-order valence-electron chi connectivity index (χ2n) is 6.74. The van der Waals surface area contributed by atoms with Crippen LogP contribution in [0.25, 0.3) is 0 Å². The van der Waals surface area contributed by atoms with Crippen LogP contribution < -0.4 is 5.32 Å². The van der Waals surface area contributed by atoms with E-state index in [4.69, 9.17) is 4.74 Å². The Hall–Kier alpha value is -1.51. The number of likely N-dealkylation sites (N-methyl/N-ethyl adjacent to an activating group) is 2. The molecule has 1 aliphatic heterocycles. The number of carbonyl (C=O) groups is 1. The number of benzene rings is 1. The molecule has 140 valence electrons. The largest absolute Gasteiger partial charge is 0.394 e. The zero-order valence-electron chi connectivity index (χ0n) is 15.1. The SMILES string of the molecule is CN(C)CCN(C)C1C(CNC(=O)c2ccccc2)OC(CO)C1O. The van der Waals surface area contributed by atoms with Gasteiger partial charge in [-0.1, -0.05) is 18.2 Å².